The van der Waals surface area contributed by atoms with Crippen LogP contribution in [0.3, 0.4) is 0 Å². The molecule has 22 heavy (non-hydrogen) atoms. The molecule has 4 heteroatoms. The quantitative estimate of drug-likeness (QED) is 0.373. The van der Waals surface area contributed by atoms with Gasteiger partial charge in [-0.05, 0) is 62.7 Å². The number of hydrogen-bond acceptors (Lipinski definition) is 2. The summed E-state index contributed by atoms with van der Waals surface area (Å²) in [6.07, 6.45) is 10.9. The fourth-order valence-electron chi connectivity index (χ4n) is 2.18. The van der Waals surface area contributed by atoms with Crippen molar-refractivity contribution < 1.29 is 10.0 Å². The molecule has 0 unspecified atom stereocenters. The minimum absolute atomic E-state index is 0.578. The Balaban J connectivity index is 2.13. The van der Waals surface area contributed by atoms with Gasteiger partial charge in [0.25, 0.3) is 0 Å². The van der Waals surface area contributed by atoms with Gasteiger partial charge in [-0.15, -0.1) is 0 Å². The van der Waals surface area contributed by atoms with E-state index in [1.54, 1.807) is 13.0 Å². The van der Waals surface area contributed by atoms with E-state index in [1.165, 1.54) is 36.8 Å². The van der Waals surface area contributed by atoms with Crippen LogP contribution in [0.25, 0.3) is 0 Å². The SMILES string of the molecule is CC(=CC=C(C)B(O)O)CCCCCCc1ccc(Br)cc1. The third-order valence-corrected chi connectivity index (χ3v) is 4.27. The molecule has 0 aliphatic carbocycles. The molecule has 120 valence electrons. The van der Waals surface area contributed by atoms with E-state index in [-0.39, 0.29) is 0 Å². The lowest BCUT2D eigenvalue weighted by molar-refractivity contribution is 0.419. The lowest BCUT2D eigenvalue weighted by Gasteiger charge is -2.03. The third kappa shape index (κ3) is 8.57. The molecule has 1 aromatic rings. The van der Waals surface area contributed by atoms with E-state index in [1.807, 2.05) is 6.08 Å². The molecule has 1 rings (SSSR count). The highest BCUT2D eigenvalue weighted by Gasteiger charge is 2.07. The van der Waals surface area contributed by atoms with Gasteiger partial charge in [-0.25, -0.2) is 0 Å². The highest BCUT2D eigenvalue weighted by Crippen LogP contribution is 2.15. The van der Waals surface area contributed by atoms with Crippen molar-refractivity contribution in [3.63, 3.8) is 0 Å². The minimum atomic E-state index is -1.34. The molecule has 0 fully saturated rings. The molecule has 0 aromatic heterocycles. The largest absolute Gasteiger partial charge is 0.483 e. The Hall–Kier alpha value is -0.835. The minimum Gasteiger partial charge on any atom is -0.423 e. The maximum absolute atomic E-state index is 8.97. The van der Waals surface area contributed by atoms with Crippen LogP contribution in [0.2, 0.25) is 0 Å². The second-order valence-corrected chi connectivity index (χ2v) is 6.75. The number of halogens is 1. The van der Waals surface area contributed by atoms with E-state index in [2.05, 4.69) is 47.1 Å². The zero-order valence-electron chi connectivity index (χ0n) is 13.6. The Bertz CT molecular complexity index is 492. The average molecular weight is 365 g/mol. The zero-order chi connectivity index (χ0) is 16.4. The van der Waals surface area contributed by atoms with Crippen LogP contribution < -0.4 is 0 Å². The van der Waals surface area contributed by atoms with Gasteiger partial charge in [-0.3, -0.25) is 0 Å². The summed E-state index contributed by atoms with van der Waals surface area (Å²) in [6.45, 7) is 3.81. The number of hydrogen-bond donors (Lipinski definition) is 2. The van der Waals surface area contributed by atoms with E-state index >= 15 is 0 Å². The normalized spacial score (nSPS) is 12.6. The molecule has 0 saturated carbocycles. The van der Waals surface area contributed by atoms with E-state index in [4.69, 9.17) is 10.0 Å². The first-order chi connectivity index (χ1) is 10.5. The van der Waals surface area contributed by atoms with Crippen molar-refractivity contribution in [2.45, 2.75) is 52.4 Å². The maximum atomic E-state index is 8.97. The summed E-state index contributed by atoms with van der Waals surface area (Å²) in [5.74, 6) is 0. The first kappa shape index (κ1) is 19.2. The van der Waals surface area contributed by atoms with Crippen LogP contribution in [-0.4, -0.2) is 17.2 Å². The predicted octanol–water partition coefficient (Wildman–Crippen LogP) is 4.85. The van der Waals surface area contributed by atoms with Gasteiger partial charge >= 0.3 is 7.12 Å². The smallest absolute Gasteiger partial charge is 0.423 e. The van der Waals surface area contributed by atoms with Gasteiger partial charge in [0.15, 0.2) is 0 Å². The van der Waals surface area contributed by atoms with Gasteiger partial charge in [0.1, 0.15) is 0 Å². The Kier molecular flexibility index (Phi) is 9.45. The van der Waals surface area contributed by atoms with Crippen LogP contribution in [-0.2, 0) is 6.42 Å². The zero-order valence-corrected chi connectivity index (χ0v) is 15.1. The molecule has 0 bridgehead atoms. The van der Waals surface area contributed by atoms with Crippen molar-refractivity contribution in [3.05, 3.63) is 57.5 Å². The molecule has 2 nitrogen and oxygen atoms in total. The van der Waals surface area contributed by atoms with Crippen LogP contribution in [0, 0.1) is 0 Å². The molecule has 0 aliphatic heterocycles. The Morgan fingerprint density at radius 1 is 1.00 bits per heavy atom. The van der Waals surface area contributed by atoms with Gasteiger partial charge in [-0.2, -0.15) is 0 Å². The molecule has 1 aromatic carbocycles. The number of aryl methyl sites for hydroxylation is 1. The summed E-state index contributed by atoms with van der Waals surface area (Å²) in [5.41, 5.74) is 3.27. The summed E-state index contributed by atoms with van der Waals surface area (Å²) in [6, 6.07) is 8.56. The monoisotopic (exact) mass is 364 g/mol. The van der Waals surface area contributed by atoms with Crippen LogP contribution in [0.5, 0.6) is 0 Å². The molecular formula is C18H26BBrO2. The van der Waals surface area contributed by atoms with Crippen LogP contribution >= 0.6 is 15.9 Å². The van der Waals surface area contributed by atoms with Gasteiger partial charge in [-0.1, -0.05) is 58.6 Å². The molecule has 0 heterocycles. The summed E-state index contributed by atoms with van der Waals surface area (Å²) < 4.78 is 1.14. The van der Waals surface area contributed by atoms with Gasteiger partial charge < -0.3 is 10.0 Å². The first-order valence-corrected chi connectivity index (χ1v) is 8.73. The lowest BCUT2D eigenvalue weighted by atomic mass is 9.80. The number of rotatable bonds is 9. The van der Waals surface area contributed by atoms with E-state index < -0.39 is 7.12 Å². The summed E-state index contributed by atoms with van der Waals surface area (Å²) in [5, 5.41) is 17.9. The van der Waals surface area contributed by atoms with E-state index in [9.17, 15) is 0 Å². The van der Waals surface area contributed by atoms with Crippen LogP contribution in [0.4, 0.5) is 0 Å². The Morgan fingerprint density at radius 3 is 2.27 bits per heavy atom. The summed E-state index contributed by atoms with van der Waals surface area (Å²) in [7, 11) is -1.34. The number of unbranched alkanes of at least 4 members (excludes halogenated alkanes) is 3. The van der Waals surface area contributed by atoms with E-state index in [0.29, 0.717) is 5.47 Å². The first-order valence-electron chi connectivity index (χ1n) is 7.93. The predicted molar refractivity (Wildman–Crippen MR) is 98.6 cm³/mol. The highest BCUT2D eigenvalue weighted by molar-refractivity contribution is 9.10. The summed E-state index contributed by atoms with van der Waals surface area (Å²) in [4.78, 5) is 0. The average Bonchev–Trinajstić information content (AvgIpc) is 2.49. The topological polar surface area (TPSA) is 40.5 Å². The fraction of sp³-hybridized carbons (Fsp3) is 0.444. The fourth-order valence-corrected chi connectivity index (χ4v) is 2.45. The van der Waals surface area contributed by atoms with Gasteiger partial charge in [0, 0.05) is 4.47 Å². The van der Waals surface area contributed by atoms with Crippen LogP contribution in [0.15, 0.2) is 51.9 Å². The van der Waals surface area contributed by atoms with Crippen LogP contribution in [0.1, 0.15) is 51.5 Å². The third-order valence-electron chi connectivity index (χ3n) is 3.74. The molecule has 0 saturated heterocycles. The number of benzene rings is 1. The molecule has 0 spiro atoms. The van der Waals surface area contributed by atoms with Crippen molar-refractivity contribution in [2.24, 2.45) is 0 Å². The second-order valence-electron chi connectivity index (χ2n) is 5.84. The Labute approximate surface area is 143 Å². The van der Waals surface area contributed by atoms with Crippen molar-refractivity contribution in [1.82, 2.24) is 0 Å². The molecule has 0 aliphatic rings. The maximum Gasteiger partial charge on any atom is 0.483 e. The lowest BCUT2D eigenvalue weighted by Crippen LogP contribution is -2.12. The number of allylic oxidation sites excluding steroid dienone is 4. The standard InChI is InChI=1S/C18H26BBrO2/c1-15(9-10-16(2)19(21)22)7-5-3-4-6-8-17-11-13-18(20)14-12-17/h9-14,21-22H,3-8H2,1-2H3. The van der Waals surface area contributed by atoms with Crippen molar-refractivity contribution in [1.29, 1.82) is 0 Å². The van der Waals surface area contributed by atoms with Crippen molar-refractivity contribution in [3.8, 4) is 0 Å². The molecule has 0 radical (unpaired) electrons. The Morgan fingerprint density at radius 2 is 1.64 bits per heavy atom. The summed E-state index contributed by atoms with van der Waals surface area (Å²) >= 11 is 3.45. The molecule has 2 N–H and O–H groups in total. The van der Waals surface area contributed by atoms with Crippen molar-refractivity contribution in [2.75, 3.05) is 0 Å². The van der Waals surface area contributed by atoms with Gasteiger partial charge in [0.2, 0.25) is 0 Å². The molecule has 0 amide bonds. The van der Waals surface area contributed by atoms with Crippen molar-refractivity contribution >= 4 is 23.0 Å². The molecular weight excluding hydrogens is 339 g/mol. The van der Waals surface area contributed by atoms with E-state index in [0.717, 1.165) is 17.3 Å². The highest BCUT2D eigenvalue weighted by atomic mass is 79.9. The van der Waals surface area contributed by atoms with Gasteiger partial charge in [0.05, 0.1) is 0 Å². The second kappa shape index (κ2) is 10.8. The molecule has 0 atom stereocenters.